The highest BCUT2D eigenvalue weighted by Gasteiger charge is 2.47. The van der Waals surface area contributed by atoms with Crippen molar-refractivity contribution in [3.8, 4) is 11.1 Å². The number of nitrogens with zero attached hydrogens (tertiary/aromatic N) is 3. The lowest BCUT2D eigenvalue weighted by atomic mass is 9.97. The Balaban J connectivity index is 0.956. The first-order valence-electron chi connectivity index (χ1n) is 19.8. The lowest BCUT2D eigenvalue weighted by Crippen LogP contribution is -2.50. The Hall–Kier alpha value is -5.28. The summed E-state index contributed by atoms with van der Waals surface area (Å²) in [7, 11) is 0. The summed E-state index contributed by atoms with van der Waals surface area (Å²) in [5.41, 5.74) is 6.81. The molecule has 0 spiro atoms. The number of halogens is 3. The predicted molar refractivity (Wildman–Crippen MR) is 210 cm³/mol. The molecule has 3 N–H and O–H groups in total. The molecular weight excluding hydrogens is 752 g/mol. The average Bonchev–Trinajstić information content (AvgIpc) is 3.87. The largest absolute Gasteiger partial charge is 0.471 e. The van der Waals surface area contributed by atoms with E-state index in [9.17, 15) is 32.7 Å². The molecule has 304 valence electrons. The number of fused-ring (bicyclic) bond motifs is 1. The van der Waals surface area contributed by atoms with Gasteiger partial charge in [0.05, 0.1) is 29.8 Å². The van der Waals surface area contributed by atoms with Crippen molar-refractivity contribution in [3.63, 3.8) is 0 Å². The van der Waals surface area contributed by atoms with Gasteiger partial charge in [-0.25, -0.2) is 4.79 Å². The van der Waals surface area contributed by atoms with Crippen molar-refractivity contribution in [2.24, 2.45) is 0 Å². The number of piperidine rings is 1. The van der Waals surface area contributed by atoms with Crippen LogP contribution in [0.3, 0.4) is 0 Å². The van der Waals surface area contributed by atoms with Crippen molar-refractivity contribution in [2.75, 3.05) is 26.2 Å². The summed E-state index contributed by atoms with van der Waals surface area (Å²) < 4.78 is 54.6. The number of para-hydroxylation sites is 2. The molecule has 14 heteroatoms. The number of alkyl halides is 3. The van der Waals surface area contributed by atoms with E-state index in [2.05, 4.69) is 15.2 Å². The van der Waals surface area contributed by atoms with Crippen molar-refractivity contribution in [1.82, 2.24) is 24.7 Å². The van der Waals surface area contributed by atoms with Gasteiger partial charge in [0.1, 0.15) is 6.04 Å². The first-order valence-corrected chi connectivity index (χ1v) is 19.8. The number of likely N-dealkylation sites (tertiary alicyclic amines) is 2. The maximum atomic E-state index is 13.1. The summed E-state index contributed by atoms with van der Waals surface area (Å²) in [4.78, 5) is 43.7. The summed E-state index contributed by atoms with van der Waals surface area (Å²) >= 11 is 0. The van der Waals surface area contributed by atoms with Gasteiger partial charge in [0.15, 0.2) is 6.29 Å². The number of imidazole rings is 1. The lowest BCUT2D eigenvalue weighted by molar-refractivity contribution is -0.253. The van der Waals surface area contributed by atoms with E-state index in [4.69, 9.17) is 9.47 Å². The van der Waals surface area contributed by atoms with Crippen LogP contribution in [0.25, 0.3) is 22.2 Å². The molecule has 0 bridgehead atoms. The fourth-order valence-electron chi connectivity index (χ4n) is 8.60. The van der Waals surface area contributed by atoms with Gasteiger partial charge in [-0.2, -0.15) is 13.2 Å². The second-order valence-electron chi connectivity index (χ2n) is 15.4. The molecule has 8 rings (SSSR count). The zero-order valence-corrected chi connectivity index (χ0v) is 31.9. The van der Waals surface area contributed by atoms with Gasteiger partial charge >= 0.3 is 17.8 Å². The average molecular weight is 798 g/mol. The summed E-state index contributed by atoms with van der Waals surface area (Å²) in [6.45, 7) is 2.24. The van der Waals surface area contributed by atoms with Crippen LogP contribution in [0.2, 0.25) is 0 Å². The zero-order valence-electron chi connectivity index (χ0n) is 31.9. The van der Waals surface area contributed by atoms with Crippen LogP contribution in [-0.4, -0.2) is 80.8 Å². The minimum Gasteiger partial charge on any atom is -0.392 e. The molecule has 0 saturated carbocycles. The van der Waals surface area contributed by atoms with E-state index in [0.29, 0.717) is 24.3 Å². The summed E-state index contributed by atoms with van der Waals surface area (Å²) in [5.74, 6) is -2.60. The zero-order chi connectivity index (χ0) is 40.4. The molecule has 4 atom stereocenters. The fraction of sp³-hybridized carbons (Fsp3) is 0.386. The van der Waals surface area contributed by atoms with Crippen LogP contribution in [0.5, 0.6) is 0 Å². The topological polar surface area (TPSA) is 129 Å². The normalized spacial score (nSPS) is 22.0. The number of ether oxygens (including phenoxy) is 2. The van der Waals surface area contributed by atoms with Crippen molar-refractivity contribution < 1.29 is 37.3 Å². The number of carbonyl (C=O) groups is 2. The molecular formula is C44H46F3N5O6. The highest BCUT2D eigenvalue weighted by atomic mass is 19.4. The van der Waals surface area contributed by atoms with E-state index in [0.717, 1.165) is 70.3 Å². The van der Waals surface area contributed by atoms with Gasteiger partial charge in [0, 0.05) is 50.7 Å². The second-order valence-corrected chi connectivity index (χ2v) is 15.4. The number of aliphatic hydroxyl groups is 1. The molecule has 0 unspecified atom stereocenters. The van der Waals surface area contributed by atoms with Crippen molar-refractivity contribution in [3.05, 3.63) is 130 Å². The quantitative estimate of drug-likeness (QED) is 0.147. The van der Waals surface area contributed by atoms with Gasteiger partial charge in [-0.05, 0) is 77.8 Å². The first kappa shape index (κ1) is 39.5. The SMILES string of the molecule is O=C(NCc1cccc(-c2cccc([C@@H]3O[C@H](CN4CCC(n5c(=O)[nH]c6ccccc65)CC4)C[C@H](c4ccc(CO)cc4)O3)c2)c1)[C@@H]1CCCN1C(=O)C(F)(F)F. The number of carbonyl (C=O) groups excluding carboxylic acids is 2. The Labute approximate surface area is 333 Å². The minimum absolute atomic E-state index is 0.0523. The number of aliphatic hydroxyl groups excluding tert-OH is 1. The van der Waals surface area contributed by atoms with Gasteiger partial charge in [-0.1, -0.05) is 72.8 Å². The van der Waals surface area contributed by atoms with Crippen LogP contribution in [0.4, 0.5) is 13.2 Å². The van der Waals surface area contributed by atoms with Crippen LogP contribution in [0.1, 0.15) is 72.8 Å². The molecule has 3 aliphatic rings. The van der Waals surface area contributed by atoms with Gasteiger partial charge in [0.2, 0.25) is 5.91 Å². The summed E-state index contributed by atoms with van der Waals surface area (Å²) in [6, 6.07) is 29.9. The number of aromatic amines is 1. The molecule has 1 aromatic heterocycles. The third-order valence-electron chi connectivity index (χ3n) is 11.6. The molecule has 4 heterocycles. The summed E-state index contributed by atoms with van der Waals surface area (Å²) in [6.07, 6.45) is -3.34. The monoisotopic (exact) mass is 797 g/mol. The fourth-order valence-corrected chi connectivity index (χ4v) is 8.60. The molecule has 3 fully saturated rings. The number of H-pyrrole nitrogens is 1. The number of hydrogen-bond acceptors (Lipinski definition) is 7. The third kappa shape index (κ3) is 8.60. The number of benzene rings is 4. The van der Waals surface area contributed by atoms with E-state index in [1.807, 2.05) is 102 Å². The van der Waals surface area contributed by atoms with Gasteiger partial charge in [-0.15, -0.1) is 0 Å². The molecule has 0 radical (unpaired) electrons. The Morgan fingerprint density at radius 3 is 2.33 bits per heavy atom. The van der Waals surface area contributed by atoms with Crippen molar-refractivity contribution in [2.45, 2.75) is 82.0 Å². The lowest BCUT2D eigenvalue weighted by Gasteiger charge is -2.40. The Morgan fingerprint density at radius 1 is 0.828 bits per heavy atom. The van der Waals surface area contributed by atoms with Crippen molar-refractivity contribution in [1.29, 1.82) is 0 Å². The molecule has 3 saturated heterocycles. The second kappa shape index (κ2) is 16.9. The van der Waals surface area contributed by atoms with Crippen molar-refractivity contribution >= 4 is 22.8 Å². The molecule has 3 aliphatic heterocycles. The highest BCUT2D eigenvalue weighted by Crippen LogP contribution is 2.40. The number of rotatable bonds is 10. The van der Waals surface area contributed by atoms with E-state index in [1.165, 1.54) is 0 Å². The van der Waals surface area contributed by atoms with Gasteiger partial charge in [0.25, 0.3) is 0 Å². The highest BCUT2D eigenvalue weighted by molar-refractivity contribution is 5.90. The maximum Gasteiger partial charge on any atom is 0.471 e. The number of amides is 2. The first-order chi connectivity index (χ1) is 28.0. The molecule has 11 nitrogen and oxygen atoms in total. The minimum atomic E-state index is -5.03. The Kier molecular flexibility index (Phi) is 11.5. The third-order valence-corrected chi connectivity index (χ3v) is 11.6. The molecule has 58 heavy (non-hydrogen) atoms. The van der Waals surface area contributed by atoms with E-state index in [1.54, 1.807) is 0 Å². The van der Waals surface area contributed by atoms with E-state index in [-0.39, 0.29) is 50.1 Å². The van der Waals surface area contributed by atoms with E-state index >= 15 is 0 Å². The van der Waals surface area contributed by atoms with Crippen LogP contribution < -0.4 is 11.0 Å². The Bertz CT molecular complexity index is 2300. The molecule has 4 aromatic carbocycles. The number of hydrogen-bond donors (Lipinski definition) is 3. The number of nitrogens with one attached hydrogen (secondary N) is 2. The molecule has 0 aliphatic carbocycles. The van der Waals surface area contributed by atoms with Crippen LogP contribution >= 0.6 is 0 Å². The smallest absolute Gasteiger partial charge is 0.392 e. The molecule has 5 aromatic rings. The maximum absolute atomic E-state index is 13.1. The standard InChI is InChI=1S/C44H46F3N5O6/c45-44(46,47)42(55)51-19-5-12-38(51)40(54)48-25-29-6-3-7-31(22-29)32-8-4-9-33(23-32)41-57-35(24-39(58-41)30-15-13-28(27-53)14-16-30)26-50-20-17-34(18-21-50)52-37-11-2-1-10-36(37)49-43(52)56/h1-4,6-11,13-16,22-23,34-35,38-39,41,53H,5,12,17-21,24-27H2,(H,48,54)(H,49,56)/t35-,38-,39+,41+/m0/s1. The Morgan fingerprint density at radius 2 is 1.57 bits per heavy atom. The number of aromatic nitrogens is 2. The predicted octanol–water partition coefficient (Wildman–Crippen LogP) is 6.54. The van der Waals surface area contributed by atoms with Crippen LogP contribution in [0.15, 0.2) is 102 Å². The molecule has 2 amide bonds. The van der Waals surface area contributed by atoms with Gasteiger partial charge in [-0.3, -0.25) is 14.2 Å². The van der Waals surface area contributed by atoms with Crippen LogP contribution in [0, 0.1) is 0 Å². The summed E-state index contributed by atoms with van der Waals surface area (Å²) in [5, 5.41) is 12.4. The van der Waals surface area contributed by atoms with E-state index < -0.39 is 30.3 Å². The van der Waals surface area contributed by atoms with Gasteiger partial charge < -0.3 is 34.7 Å². The van der Waals surface area contributed by atoms with Crippen LogP contribution in [-0.2, 0) is 32.2 Å².